The van der Waals surface area contributed by atoms with Crippen molar-refractivity contribution in [2.45, 2.75) is 37.6 Å². The Bertz CT molecular complexity index is 1580. The normalized spacial score (nSPS) is 14.3. The number of rotatable bonds is 5. The summed E-state index contributed by atoms with van der Waals surface area (Å²) >= 11 is 1.62. The zero-order valence-corrected chi connectivity index (χ0v) is 21.1. The van der Waals surface area contributed by atoms with Crippen LogP contribution in [0.3, 0.4) is 0 Å². The van der Waals surface area contributed by atoms with Crippen molar-refractivity contribution in [3.05, 3.63) is 89.9 Å². The Morgan fingerprint density at radius 1 is 0.917 bits per heavy atom. The highest BCUT2D eigenvalue weighted by atomic mass is 32.2. The molecule has 0 radical (unpaired) electrons. The lowest BCUT2D eigenvalue weighted by molar-refractivity contribution is 0.221. The van der Waals surface area contributed by atoms with Gasteiger partial charge in [0.05, 0.1) is 11.7 Å². The topological polar surface area (TPSA) is 57.7 Å². The van der Waals surface area contributed by atoms with Crippen molar-refractivity contribution < 1.29 is 0 Å². The minimum atomic E-state index is 0.457. The first kappa shape index (κ1) is 22.8. The van der Waals surface area contributed by atoms with Gasteiger partial charge in [0, 0.05) is 34.0 Å². The van der Waals surface area contributed by atoms with Gasteiger partial charge in [-0.25, -0.2) is 9.97 Å². The molecule has 0 amide bonds. The minimum absolute atomic E-state index is 0.457. The molecule has 0 spiro atoms. The molecule has 1 aliphatic rings. The van der Waals surface area contributed by atoms with Gasteiger partial charge in [-0.05, 0) is 79.7 Å². The van der Waals surface area contributed by atoms with Crippen LogP contribution in [-0.4, -0.2) is 31.9 Å². The highest BCUT2D eigenvalue weighted by molar-refractivity contribution is 7.98. The number of nitriles is 1. The Balaban J connectivity index is 1.42. The van der Waals surface area contributed by atoms with Gasteiger partial charge >= 0.3 is 0 Å². The maximum atomic E-state index is 9.62. The van der Waals surface area contributed by atoms with E-state index in [9.17, 15) is 5.26 Å². The summed E-state index contributed by atoms with van der Waals surface area (Å²) in [5.41, 5.74) is 6.77. The Kier molecular flexibility index (Phi) is 6.18. The van der Waals surface area contributed by atoms with E-state index in [0.717, 1.165) is 50.1 Å². The first-order chi connectivity index (χ1) is 17.7. The van der Waals surface area contributed by atoms with Crippen LogP contribution in [0.2, 0.25) is 0 Å². The van der Waals surface area contributed by atoms with Gasteiger partial charge in [-0.1, -0.05) is 48.9 Å². The van der Waals surface area contributed by atoms with Crippen LogP contribution in [0.25, 0.3) is 33.1 Å². The van der Waals surface area contributed by atoms with Gasteiger partial charge in [0.2, 0.25) is 0 Å². The van der Waals surface area contributed by atoms with Gasteiger partial charge in [-0.3, -0.25) is 8.87 Å². The van der Waals surface area contributed by atoms with Crippen LogP contribution < -0.4 is 0 Å². The predicted octanol–water partition coefficient (Wildman–Crippen LogP) is 6.97. The molecule has 0 bridgehead atoms. The summed E-state index contributed by atoms with van der Waals surface area (Å²) in [4.78, 5) is 13.0. The quantitative estimate of drug-likeness (QED) is 0.267. The number of nitrogens with zero attached hydrogens (tertiary/aromatic N) is 5. The summed E-state index contributed by atoms with van der Waals surface area (Å²) in [6, 6.07) is 23.6. The lowest BCUT2D eigenvalue weighted by atomic mass is 10.0. The van der Waals surface area contributed by atoms with Crippen LogP contribution in [0.5, 0.6) is 0 Å². The second-order valence-corrected chi connectivity index (χ2v) is 10.5. The van der Waals surface area contributed by atoms with Crippen LogP contribution in [0.15, 0.2) is 78.0 Å². The molecule has 178 valence electrons. The lowest BCUT2D eigenvalue weighted by Crippen LogP contribution is -2.28. The number of aromatic nitrogens is 3. The van der Waals surface area contributed by atoms with Crippen molar-refractivity contribution in [2.75, 3.05) is 13.1 Å². The first-order valence-electron chi connectivity index (χ1n) is 12.5. The molecular formula is C30H27N5S. The minimum Gasteiger partial charge on any atom is -0.299 e. The van der Waals surface area contributed by atoms with Gasteiger partial charge < -0.3 is 0 Å². The number of pyridine rings is 2. The molecule has 2 aromatic carbocycles. The number of fused-ring (bicyclic) bond motifs is 3. The Hall–Kier alpha value is -3.66. The van der Waals surface area contributed by atoms with Crippen LogP contribution in [0, 0.1) is 18.3 Å². The SMILES string of the molecule is Cc1c(C#N)ncc2c1c1cc(-c3ccc(CN4CCCCC4)cc3)cnc1n2Sc1ccccc1. The lowest BCUT2D eigenvalue weighted by Gasteiger charge is -2.26. The van der Waals surface area contributed by atoms with E-state index < -0.39 is 0 Å². The monoisotopic (exact) mass is 489 g/mol. The molecule has 0 atom stereocenters. The third-order valence-electron chi connectivity index (χ3n) is 7.04. The number of aryl methyl sites for hydroxylation is 1. The fraction of sp³-hybridized carbons (Fsp3) is 0.233. The molecular weight excluding hydrogens is 462 g/mol. The molecule has 5 aromatic rings. The molecule has 4 heterocycles. The number of hydrogen-bond donors (Lipinski definition) is 0. The van der Waals surface area contributed by atoms with E-state index >= 15 is 0 Å². The predicted molar refractivity (Wildman–Crippen MR) is 147 cm³/mol. The summed E-state index contributed by atoms with van der Waals surface area (Å²) < 4.78 is 2.13. The maximum Gasteiger partial charge on any atom is 0.151 e. The second kappa shape index (κ2) is 9.77. The maximum absolute atomic E-state index is 9.62. The molecule has 5 nitrogen and oxygen atoms in total. The third kappa shape index (κ3) is 4.26. The van der Waals surface area contributed by atoms with Gasteiger partial charge in [0.1, 0.15) is 11.8 Å². The van der Waals surface area contributed by atoms with Gasteiger partial charge in [-0.2, -0.15) is 5.26 Å². The third-order valence-corrected chi connectivity index (χ3v) is 8.07. The van der Waals surface area contributed by atoms with Crippen molar-refractivity contribution in [2.24, 2.45) is 0 Å². The number of piperidine rings is 1. The highest BCUT2D eigenvalue weighted by Gasteiger charge is 2.18. The average molecular weight is 490 g/mol. The molecule has 0 aliphatic carbocycles. The van der Waals surface area contributed by atoms with E-state index in [1.165, 1.54) is 37.9 Å². The average Bonchev–Trinajstić information content (AvgIpc) is 3.24. The van der Waals surface area contributed by atoms with Gasteiger partial charge in [0.25, 0.3) is 0 Å². The zero-order valence-electron chi connectivity index (χ0n) is 20.3. The number of hydrogen-bond acceptors (Lipinski definition) is 5. The fourth-order valence-electron chi connectivity index (χ4n) is 5.14. The molecule has 36 heavy (non-hydrogen) atoms. The Morgan fingerprint density at radius 3 is 2.44 bits per heavy atom. The summed E-state index contributed by atoms with van der Waals surface area (Å²) in [7, 11) is 0. The van der Waals surface area contributed by atoms with E-state index in [2.05, 4.69) is 62.4 Å². The van der Waals surface area contributed by atoms with E-state index in [1.54, 1.807) is 18.1 Å². The summed E-state index contributed by atoms with van der Waals surface area (Å²) in [6.45, 7) is 5.40. The molecule has 1 aliphatic heterocycles. The molecule has 1 saturated heterocycles. The Morgan fingerprint density at radius 2 is 1.69 bits per heavy atom. The van der Waals surface area contributed by atoms with Gasteiger partial charge in [-0.15, -0.1) is 0 Å². The molecule has 6 heteroatoms. The summed E-state index contributed by atoms with van der Waals surface area (Å²) in [5.74, 6) is 0. The summed E-state index contributed by atoms with van der Waals surface area (Å²) in [6.07, 6.45) is 7.73. The van der Waals surface area contributed by atoms with Crippen LogP contribution in [0.4, 0.5) is 0 Å². The molecule has 0 saturated carbocycles. The molecule has 1 fully saturated rings. The van der Waals surface area contributed by atoms with Crippen molar-refractivity contribution in [3.63, 3.8) is 0 Å². The molecule has 3 aromatic heterocycles. The van der Waals surface area contributed by atoms with E-state index in [0.29, 0.717) is 5.69 Å². The van der Waals surface area contributed by atoms with Crippen molar-refractivity contribution in [1.82, 2.24) is 18.8 Å². The largest absolute Gasteiger partial charge is 0.299 e. The van der Waals surface area contributed by atoms with Gasteiger partial charge in [0.15, 0.2) is 5.65 Å². The standard InChI is InChI=1S/C30H27N5S/c1-21-27(17-31)32-19-28-29(21)26-16-24(18-33-30(26)35(28)36-25-8-4-2-5-9-25)23-12-10-22(11-13-23)20-34-14-6-3-7-15-34/h2,4-5,8-13,16,18-19H,3,6-7,14-15,20H2,1H3. The number of likely N-dealkylation sites (tertiary alicyclic amines) is 1. The molecule has 6 rings (SSSR count). The summed E-state index contributed by atoms with van der Waals surface area (Å²) in [5, 5.41) is 11.7. The van der Waals surface area contributed by atoms with Crippen LogP contribution in [-0.2, 0) is 6.54 Å². The molecule has 0 unspecified atom stereocenters. The van der Waals surface area contributed by atoms with Crippen molar-refractivity contribution in [1.29, 1.82) is 5.26 Å². The van der Waals surface area contributed by atoms with Crippen molar-refractivity contribution in [3.8, 4) is 17.2 Å². The number of benzene rings is 2. The highest BCUT2D eigenvalue weighted by Crippen LogP contribution is 2.38. The smallest absolute Gasteiger partial charge is 0.151 e. The van der Waals surface area contributed by atoms with Crippen LogP contribution >= 0.6 is 11.9 Å². The van der Waals surface area contributed by atoms with Crippen LogP contribution in [0.1, 0.15) is 36.1 Å². The zero-order chi connectivity index (χ0) is 24.5. The van der Waals surface area contributed by atoms with E-state index in [-0.39, 0.29) is 0 Å². The molecule has 0 N–H and O–H groups in total. The first-order valence-corrected chi connectivity index (χ1v) is 13.2. The second-order valence-electron chi connectivity index (χ2n) is 9.43. The van der Waals surface area contributed by atoms with Crippen molar-refractivity contribution >= 4 is 33.9 Å². The fourth-order valence-corrected chi connectivity index (χ4v) is 6.10. The Labute approximate surface area is 215 Å². The van der Waals surface area contributed by atoms with E-state index in [4.69, 9.17) is 4.98 Å². The van der Waals surface area contributed by atoms with E-state index in [1.807, 2.05) is 31.3 Å².